The number of halogens is 1. The number of aryl methyl sites for hydroxylation is 1. The molecular formula is C9H11ClN4O. The number of urea groups is 1. The van der Waals surface area contributed by atoms with Crippen molar-refractivity contribution in [1.29, 1.82) is 5.41 Å². The van der Waals surface area contributed by atoms with Gasteiger partial charge in [0.1, 0.15) is 0 Å². The van der Waals surface area contributed by atoms with Crippen molar-refractivity contribution in [2.45, 2.75) is 6.92 Å². The van der Waals surface area contributed by atoms with E-state index >= 15 is 0 Å². The largest absolute Gasteiger partial charge is 0.370 e. The van der Waals surface area contributed by atoms with Crippen LogP contribution in [-0.4, -0.2) is 12.0 Å². The Labute approximate surface area is 92.1 Å². The fourth-order valence-corrected chi connectivity index (χ4v) is 1.18. The topological polar surface area (TPSA) is 91.0 Å². The van der Waals surface area contributed by atoms with Crippen molar-refractivity contribution in [3.63, 3.8) is 0 Å². The van der Waals surface area contributed by atoms with Crippen LogP contribution in [0.25, 0.3) is 0 Å². The summed E-state index contributed by atoms with van der Waals surface area (Å²) >= 11 is 5.85. The predicted octanol–water partition coefficient (Wildman–Crippen LogP) is 1.66. The number of anilines is 1. The maximum Gasteiger partial charge on any atom is 0.326 e. The van der Waals surface area contributed by atoms with Gasteiger partial charge in [0.15, 0.2) is 5.96 Å². The van der Waals surface area contributed by atoms with Gasteiger partial charge in [0, 0.05) is 0 Å². The molecule has 0 bridgehead atoms. The van der Waals surface area contributed by atoms with Crippen LogP contribution in [0.3, 0.4) is 0 Å². The second-order valence-corrected chi connectivity index (χ2v) is 3.38. The van der Waals surface area contributed by atoms with E-state index in [9.17, 15) is 4.79 Å². The number of carbonyl (C=O) groups is 1. The van der Waals surface area contributed by atoms with E-state index < -0.39 is 12.0 Å². The monoisotopic (exact) mass is 226 g/mol. The Hall–Kier alpha value is -1.75. The first-order valence-electron chi connectivity index (χ1n) is 4.17. The third-order valence-corrected chi connectivity index (χ3v) is 1.95. The normalized spacial score (nSPS) is 9.47. The minimum absolute atomic E-state index is 0.420. The van der Waals surface area contributed by atoms with Crippen molar-refractivity contribution in [1.82, 2.24) is 5.32 Å². The van der Waals surface area contributed by atoms with Crippen molar-refractivity contribution >= 4 is 29.3 Å². The summed E-state index contributed by atoms with van der Waals surface area (Å²) in [5, 5.41) is 11.9. The average molecular weight is 227 g/mol. The molecule has 1 aromatic carbocycles. The second-order valence-electron chi connectivity index (χ2n) is 2.98. The van der Waals surface area contributed by atoms with Crippen LogP contribution >= 0.6 is 11.6 Å². The number of nitrogens with one attached hydrogen (secondary N) is 3. The summed E-state index contributed by atoms with van der Waals surface area (Å²) in [6.45, 7) is 1.88. The third kappa shape index (κ3) is 3.47. The molecule has 5 N–H and O–H groups in total. The molecule has 0 heterocycles. The smallest absolute Gasteiger partial charge is 0.326 e. The molecule has 0 aromatic heterocycles. The lowest BCUT2D eigenvalue weighted by Gasteiger charge is -2.08. The molecule has 0 fully saturated rings. The molecule has 6 heteroatoms. The Balaban J connectivity index is 2.76. The molecule has 80 valence electrons. The Kier molecular flexibility index (Phi) is 3.51. The summed E-state index contributed by atoms with van der Waals surface area (Å²) < 4.78 is 0. The highest BCUT2D eigenvalue weighted by molar-refractivity contribution is 6.33. The number of hydrogen-bond acceptors (Lipinski definition) is 2. The summed E-state index contributed by atoms with van der Waals surface area (Å²) in [6, 6.07) is 4.65. The molecule has 0 aliphatic rings. The van der Waals surface area contributed by atoms with Gasteiger partial charge in [-0.3, -0.25) is 10.7 Å². The Morgan fingerprint density at radius 2 is 2.20 bits per heavy atom. The summed E-state index contributed by atoms with van der Waals surface area (Å²) in [6.07, 6.45) is 0. The predicted molar refractivity (Wildman–Crippen MR) is 60.3 cm³/mol. The fraction of sp³-hybridized carbons (Fsp3) is 0.111. The minimum atomic E-state index is -0.588. The molecule has 0 radical (unpaired) electrons. The van der Waals surface area contributed by atoms with E-state index in [1.54, 1.807) is 12.1 Å². The molecule has 1 aromatic rings. The summed E-state index contributed by atoms with van der Waals surface area (Å²) in [5.74, 6) is -0.420. The van der Waals surface area contributed by atoms with E-state index in [0.29, 0.717) is 10.7 Å². The number of rotatable bonds is 1. The number of carbonyl (C=O) groups excluding carboxylic acids is 1. The fourth-order valence-electron chi connectivity index (χ4n) is 1.01. The van der Waals surface area contributed by atoms with E-state index in [4.69, 9.17) is 22.7 Å². The van der Waals surface area contributed by atoms with Crippen molar-refractivity contribution in [2.24, 2.45) is 5.73 Å². The molecule has 0 aliphatic heterocycles. The van der Waals surface area contributed by atoms with Crippen molar-refractivity contribution < 1.29 is 4.79 Å². The van der Waals surface area contributed by atoms with Crippen LogP contribution in [0.5, 0.6) is 0 Å². The molecule has 0 spiro atoms. The minimum Gasteiger partial charge on any atom is -0.370 e. The van der Waals surface area contributed by atoms with Gasteiger partial charge in [-0.05, 0) is 24.6 Å². The van der Waals surface area contributed by atoms with Crippen LogP contribution < -0.4 is 16.4 Å². The number of guanidine groups is 1. The highest BCUT2D eigenvalue weighted by atomic mass is 35.5. The first-order chi connectivity index (χ1) is 6.99. The van der Waals surface area contributed by atoms with Gasteiger partial charge in [0.25, 0.3) is 0 Å². The Morgan fingerprint density at radius 1 is 1.53 bits per heavy atom. The van der Waals surface area contributed by atoms with E-state index in [1.165, 1.54) is 0 Å². The summed E-state index contributed by atoms with van der Waals surface area (Å²) in [4.78, 5) is 11.2. The zero-order valence-corrected chi connectivity index (χ0v) is 8.85. The van der Waals surface area contributed by atoms with Crippen molar-refractivity contribution in [3.8, 4) is 0 Å². The van der Waals surface area contributed by atoms with Gasteiger partial charge in [-0.1, -0.05) is 17.7 Å². The van der Waals surface area contributed by atoms with E-state index in [0.717, 1.165) is 5.56 Å². The van der Waals surface area contributed by atoms with Gasteiger partial charge >= 0.3 is 6.03 Å². The number of nitrogens with two attached hydrogens (primary N) is 1. The Morgan fingerprint density at radius 3 is 2.80 bits per heavy atom. The van der Waals surface area contributed by atoms with Crippen LogP contribution in [0.15, 0.2) is 18.2 Å². The van der Waals surface area contributed by atoms with Crippen LogP contribution in [0.1, 0.15) is 5.56 Å². The maximum atomic E-state index is 11.2. The standard InChI is InChI=1S/C9H11ClN4O/c1-5-2-3-6(10)7(4-5)13-9(15)14-8(11)12/h2-4H,1H3,(H5,11,12,13,14,15). The van der Waals surface area contributed by atoms with Crippen LogP contribution in [0, 0.1) is 12.3 Å². The molecule has 2 amide bonds. The van der Waals surface area contributed by atoms with Crippen molar-refractivity contribution in [3.05, 3.63) is 28.8 Å². The molecule has 0 saturated heterocycles. The molecule has 1 rings (SSSR count). The molecule has 0 unspecified atom stereocenters. The quantitative estimate of drug-likeness (QED) is 0.433. The van der Waals surface area contributed by atoms with Crippen LogP contribution in [-0.2, 0) is 0 Å². The molecule has 0 aliphatic carbocycles. The molecule has 0 saturated carbocycles. The maximum absolute atomic E-state index is 11.2. The number of benzene rings is 1. The van der Waals surface area contributed by atoms with Gasteiger partial charge in [0.05, 0.1) is 10.7 Å². The van der Waals surface area contributed by atoms with Gasteiger partial charge in [-0.15, -0.1) is 0 Å². The Bertz CT molecular complexity index is 405. The van der Waals surface area contributed by atoms with Gasteiger partial charge < -0.3 is 11.1 Å². The second kappa shape index (κ2) is 4.65. The van der Waals surface area contributed by atoms with Crippen LogP contribution in [0.4, 0.5) is 10.5 Å². The summed E-state index contributed by atoms with van der Waals surface area (Å²) in [5.41, 5.74) is 6.45. The highest BCUT2D eigenvalue weighted by Crippen LogP contribution is 2.22. The van der Waals surface area contributed by atoms with E-state index in [-0.39, 0.29) is 0 Å². The third-order valence-electron chi connectivity index (χ3n) is 1.62. The average Bonchev–Trinajstić information content (AvgIpc) is 2.10. The first-order valence-corrected chi connectivity index (χ1v) is 4.55. The molecular weight excluding hydrogens is 216 g/mol. The lowest BCUT2D eigenvalue weighted by molar-refractivity contribution is 0.256. The summed E-state index contributed by atoms with van der Waals surface area (Å²) in [7, 11) is 0. The highest BCUT2D eigenvalue weighted by Gasteiger charge is 2.05. The molecule has 0 atom stereocenters. The SMILES string of the molecule is Cc1ccc(Cl)c(NC(=O)NC(=N)N)c1. The van der Waals surface area contributed by atoms with E-state index in [1.807, 2.05) is 13.0 Å². The zero-order valence-electron chi connectivity index (χ0n) is 8.10. The van der Waals surface area contributed by atoms with E-state index in [2.05, 4.69) is 10.6 Å². The molecule has 15 heavy (non-hydrogen) atoms. The van der Waals surface area contributed by atoms with Gasteiger partial charge in [0.2, 0.25) is 0 Å². The van der Waals surface area contributed by atoms with Gasteiger partial charge in [-0.2, -0.15) is 0 Å². The van der Waals surface area contributed by atoms with Crippen LogP contribution in [0.2, 0.25) is 5.02 Å². The molecule has 5 nitrogen and oxygen atoms in total. The van der Waals surface area contributed by atoms with Gasteiger partial charge in [-0.25, -0.2) is 4.79 Å². The lowest BCUT2D eigenvalue weighted by atomic mass is 10.2. The first kappa shape index (κ1) is 11.3. The van der Waals surface area contributed by atoms with Crippen molar-refractivity contribution in [2.75, 3.05) is 5.32 Å². The number of amides is 2. The lowest BCUT2D eigenvalue weighted by Crippen LogP contribution is -2.38. The number of hydrogen-bond donors (Lipinski definition) is 4. The zero-order chi connectivity index (χ0) is 11.4.